The SMILES string of the molecule is c1cc(N2CCCC2)cc(CN2CCNCC2)n1. The van der Waals surface area contributed by atoms with Crippen molar-refractivity contribution in [3.05, 3.63) is 24.0 Å². The Bertz CT molecular complexity index is 381. The Morgan fingerprint density at radius 2 is 1.89 bits per heavy atom. The van der Waals surface area contributed by atoms with Gasteiger partial charge in [0.25, 0.3) is 0 Å². The maximum absolute atomic E-state index is 4.52. The van der Waals surface area contributed by atoms with Crippen LogP contribution in [0.3, 0.4) is 0 Å². The largest absolute Gasteiger partial charge is 0.371 e. The van der Waals surface area contributed by atoms with E-state index < -0.39 is 0 Å². The van der Waals surface area contributed by atoms with E-state index in [-0.39, 0.29) is 0 Å². The molecular formula is C14H22N4. The molecule has 3 heterocycles. The Morgan fingerprint density at radius 1 is 1.11 bits per heavy atom. The zero-order valence-electron chi connectivity index (χ0n) is 10.9. The van der Waals surface area contributed by atoms with Gasteiger partial charge >= 0.3 is 0 Å². The maximum Gasteiger partial charge on any atom is 0.0564 e. The minimum Gasteiger partial charge on any atom is -0.371 e. The molecule has 0 saturated carbocycles. The molecule has 0 unspecified atom stereocenters. The predicted molar refractivity (Wildman–Crippen MR) is 73.8 cm³/mol. The number of hydrogen-bond donors (Lipinski definition) is 1. The fourth-order valence-corrected chi connectivity index (χ4v) is 2.82. The van der Waals surface area contributed by atoms with Crippen molar-refractivity contribution in [2.45, 2.75) is 19.4 Å². The monoisotopic (exact) mass is 246 g/mol. The van der Waals surface area contributed by atoms with Crippen LogP contribution in [-0.2, 0) is 6.54 Å². The highest BCUT2D eigenvalue weighted by Crippen LogP contribution is 2.20. The third-order valence-corrected chi connectivity index (χ3v) is 3.87. The number of aromatic nitrogens is 1. The fraction of sp³-hybridized carbons (Fsp3) is 0.643. The third-order valence-electron chi connectivity index (χ3n) is 3.87. The van der Waals surface area contributed by atoms with Gasteiger partial charge in [0.05, 0.1) is 5.69 Å². The molecule has 0 aliphatic carbocycles. The Balaban J connectivity index is 1.66. The van der Waals surface area contributed by atoms with Gasteiger partial charge in [-0.3, -0.25) is 9.88 Å². The topological polar surface area (TPSA) is 31.4 Å². The van der Waals surface area contributed by atoms with Crippen molar-refractivity contribution in [2.24, 2.45) is 0 Å². The van der Waals surface area contributed by atoms with E-state index in [0.29, 0.717) is 0 Å². The van der Waals surface area contributed by atoms with Gasteiger partial charge in [0, 0.05) is 57.7 Å². The van der Waals surface area contributed by atoms with Gasteiger partial charge in [-0.25, -0.2) is 0 Å². The van der Waals surface area contributed by atoms with E-state index in [9.17, 15) is 0 Å². The normalized spacial score (nSPS) is 21.4. The third kappa shape index (κ3) is 2.82. The Labute approximate surface area is 109 Å². The summed E-state index contributed by atoms with van der Waals surface area (Å²) in [5.74, 6) is 0. The first-order chi connectivity index (χ1) is 8.92. The maximum atomic E-state index is 4.52. The van der Waals surface area contributed by atoms with Crippen LogP contribution in [0.4, 0.5) is 5.69 Å². The molecule has 2 fully saturated rings. The molecule has 2 aliphatic rings. The summed E-state index contributed by atoms with van der Waals surface area (Å²) in [6.07, 6.45) is 4.62. The van der Waals surface area contributed by atoms with Crippen molar-refractivity contribution in [2.75, 3.05) is 44.2 Å². The van der Waals surface area contributed by atoms with Gasteiger partial charge in [-0.2, -0.15) is 0 Å². The lowest BCUT2D eigenvalue weighted by Crippen LogP contribution is -2.43. The number of piperazine rings is 1. The molecule has 0 aromatic carbocycles. The predicted octanol–water partition coefficient (Wildman–Crippen LogP) is 1.09. The lowest BCUT2D eigenvalue weighted by Gasteiger charge is -2.27. The van der Waals surface area contributed by atoms with Crippen molar-refractivity contribution in [1.29, 1.82) is 0 Å². The van der Waals surface area contributed by atoms with Gasteiger partial charge in [0.1, 0.15) is 0 Å². The van der Waals surface area contributed by atoms with Crippen LogP contribution in [0, 0.1) is 0 Å². The second kappa shape index (κ2) is 5.67. The molecule has 4 nitrogen and oxygen atoms in total. The van der Waals surface area contributed by atoms with Crippen LogP contribution in [0.15, 0.2) is 18.3 Å². The van der Waals surface area contributed by atoms with Gasteiger partial charge in [0.2, 0.25) is 0 Å². The average molecular weight is 246 g/mol. The van der Waals surface area contributed by atoms with Crippen LogP contribution >= 0.6 is 0 Å². The van der Waals surface area contributed by atoms with Crippen molar-refractivity contribution < 1.29 is 0 Å². The quantitative estimate of drug-likeness (QED) is 0.865. The molecule has 18 heavy (non-hydrogen) atoms. The molecule has 1 aromatic heterocycles. The van der Waals surface area contributed by atoms with Gasteiger partial charge < -0.3 is 10.2 Å². The van der Waals surface area contributed by atoms with E-state index in [1.807, 2.05) is 6.20 Å². The van der Waals surface area contributed by atoms with Crippen LogP contribution in [0.2, 0.25) is 0 Å². The summed E-state index contributed by atoms with van der Waals surface area (Å²) in [7, 11) is 0. The zero-order chi connectivity index (χ0) is 12.2. The summed E-state index contributed by atoms with van der Waals surface area (Å²) >= 11 is 0. The van der Waals surface area contributed by atoms with Crippen molar-refractivity contribution in [3.8, 4) is 0 Å². The molecule has 2 saturated heterocycles. The van der Waals surface area contributed by atoms with Crippen molar-refractivity contribution in [1.82, 2.24) is 15.2 Å². The molecule has 0 atom stereocenters. The molecule has 98 valence electrons. The van der Waals surface area contributed by atoms with E-state index in [0.717, 1.165) is 32.7 Å². The summed E-state index contributed by atoms with van der Waals surface area (Å²) < 4.78 is 0. The minimum atomic E-state index is 0.989. The summed E-state index contributed by atoms with van der Waals surface area (Å²) in [5, 5.41) is 3.39. The Hall–Kier alpha value is -1.13. The van der Waals surface area contributed by atoms with Gasteiger partial charge in [-0.05, 0) is 25.0 Å². The van der Waals surface area contributed by atoms with E-state index in [2.05, 4.69) is 32.2 Å². The van der Waals surface area contributed by atoms with Gasteiger partial charge in [-0.15, -0.1) is 0 Å². The second-order valence-electron chi connectivity index (χ2n) is 5.23. The highest BCUT2D eigenvalue weighted by atomic mass is 15.2. The molecule has 3 rings (SSSR count). The molecule has 0 spiro atoms. The van der Waals surface area contributed by atoms with E-state index in [1.165, 1.54) is 37.3 Å². The van der Waals surface area contributed by atoms with Crippen LogP contribution in [0.1, 0.15) is 18.5 Å². The van der Waals surface area contributed by atoms with Crippen LogP contribution in [0.25, 0.3) is 0 Å². The van der Waals surface area contributed by atoms with Gasteiger partial charge in [-0.1, -0.05) is 0 Å². The van der Waals surface area contributed by atoms with E-state index in [1.54, 1.807) is 0 Å². The summed E-state index contributed by atoms with van der Waals surface area (Å²) in [6, 6.07) is 4.42. The lowest BCUT2D eigenvalue weighted by molar-refractivity contribution is 0.231. The number of nitrogens with zero attached hydrogens (tertiary/aromatic N) is 3. The summed E-state index contributed by atoms with van der Waals surface area (Å²) in [4.78, 5) is 9.47. The number of pyridine rings is 1. The molecule has 1 N–H and O–H groups in total. The summed E-state index contributed by atoms with van der Waals surface area (Å²) in [6.45, 7) is 7.88. The number of nitrogens with one attached hydrogen (secondary N) is 1. The van der Waals surface area contributed by atoms with E-state index >= 15 is 0 Å². The number of hydrogen-bond acceptors (Lipinski definition) is 4. The lowest BCUT2D eigenvalue weighted by atomic mass is 10.2. The van der Waals surface area contributed by atoms with Crippen LogP contribution < -0.4 is 10.2 Å². The van der Waals surface area contributed by atoms with E-state index in [4.69, 9.17) is 0 Å². The smallest absolute Gasteiger partial charge is 0.0564 e. The molecule has 1 aromatic rings. The summed E-state index contributed by atoms with van der Waals surface area (Å²) in [5.41, 5.74) is 2.56. The zero-order valence-corrected chi connectivity index (χ0v) is 10.9. The molecule has 0 bridgehead atoms. The molecular weight excluding hydrogens is 224 g/mol. The Morgan fingerprint density at radius 3 is 2.67 bits per heavy atom. The highest BCUT2D eigenvalue weighted by molar-refractivity contribution is 5.47. The second-order valence-corrected chi connectivity index (χ2v) is 5.23. The molecule has 4 heteroatoms. The van der Waals surface area contributed by atoms with Crippen molar-refractivity contribution in [3.63, 3.8) is 0 Å². The number of anilines is 1. The molecule has 0 radical (unpaired) electrons. The van der Waals surface area contributed by atoms with Gasteiger partial charge in [0.15, 0.2) is 0 Å². The van der Waals surface area contributed by atoms with Crippen molar-refractivity contribution >= 4 is 5.69 Å². The van der Waals surface area contributed by atoms with Crippen LogP contribution in [-0.4, -0.2) is 49.2 Å². The molecule has 2 aliphatic heterocycles. The average Bonchev–Trinajstić information content (AvgIpc) is 2.94. The minimum absolute atomic E-state index is 0.989. The number of rotatable bonds is 3. The first-order valence-corrected chi connectivity index (χ1v) is 7.05. The highest BCUT2D eigenvalue weighted by Gasteiger charge is 2.14. The standard InChI is InChI=1S/C14H22N4/c1-2-8-18(7-1)14-3-4-16-13(11-14)12-17-9-5-15-6-10-17/h3-4,11,15H,1-2,5-10,12H2. The first kappa shape index (κ1) is 11.9. The molecule has 0 amide bonds. The first-order valence-electron chi connectivity index (χ1n) is 7.05. The Kier molecular flexibility index (Phi) is 3.76. The fourth-order valence-electron chi connectivity index (χ4n) is 2.82. The van der Waals surface area contributed by atoms with Crippen LogP contribution in [0.5, 0.6) is 0 Å².